The average molecular weight is 244 g/mol. The standard InChI is InChI=1S/C14H16N2O2/c17-13-14(7-4-8-14)12(15-18)10-16(13)9-11-5-2-1-3-6-11/h1-3,5-6,18H,4,7-10H2/b15-12-. The molecule has 4 heteroatoms. The van der Waals surface area contributed by atoms with Gasteiger partial charge in [0.05, 0.1) is 17.7 Å². The zero-order valence-electron chi connectivity index (χ0n) is 10.2. The molecule has 0 atom stereocenters. The highest BCUT2D eigenvalue weighted by Gasteiger charge is 2.55. The zero-order chi connectivity index (χ0) is 12.6. The van der Waals surface area contributed by atoms with Gasteiger partial charge in [-0.3, -0.25) is 4.79 Å². The lowest BCUT2D eigenvalue weighted by Crippen LogP contribution is -2.42. The number of hydrogen-bond acceptors (Lipinski definition) is 3. The molecular weight excluding hydrogens is 228 g/mol. The molecule has 18 heavy (non-hydrogen) atoms. The van der Waals surface area contributed by atoms with Crippen LogP contribution >= 0.6 is 0 Å². The first-order chi connectivity index (χ1) is 8.76. The topological polar surface area (TPSA) is 52.9 Å². The van der Waals surface area contributed by atoms with E-state index in [1.54, 1.807) is 4.90 Å². The van der Waals surface area contributed by atoms with Crippen molar-refractivity contribution in [2.24, 2.45) is 10.6 Å². The minimum atomic E-state index is -0.469. The number of benzene rings is 1. The number of likely N-dealkylation sites (tertiary alicyclic amines) is 1. The van der Waals surface area contributed by atoms with Crippen LogP contribution in [0.25, 0.3) is 0 Å². The van der Waals surface area contributed by atoms with Crippen LogP contribution in [-0.2, 0) is 11.3 Å². The van der Waals surface area contributed by atoms with Crippen molar-refractivity contribution in [1.29, 1.82) is 0 Å². The van der Waals surface area contributed by atoms with Crippen LogP contribution < -0.4 is 0 Å². The number of rotatable bonds is 2. The van der Waals surface area contributed by atoms with Gasteiger partial charge in [-0.15, -0.1) is 0 Å². The summed E-state index contributed by atoms with van der Waals surface area (Å²) in [5, 5.41) is 12.4. The summed E-state index contributed by atoms with van der Waals surface area (Å²) < 4.78 is 0. The van der Waals surface area contributed by atoms with Gasteiger partial charge < -0.3 is 10.1 Å². The van der Waals surface area contributed by atoms with Gasteiger partial charge in [-0.2, -0.15) is 0 Å². The summed E-state index contributed by atoms with van der Waals surface area (Å²) in [5.41, 5.74) is 1.29. The van der Waals surface area contributed by atoms with Crippen LogP contribution in [0, 0.1) is 5.41 Å². The molecule has 1 heterocycles. The third-order valence-corrected chi connectivity index (χ3v) is 4.13. The Morgan fingerprint density at radius 3 is 2.50 bits per heavy atom. The quantitative estimate of drug-likeness (QED) is 0.639. The Hall–Kier alpha value is -1.84. The first kappa shape index (κ1) is 11.3. The van der Waals surface area contributed by atoms with Crippen molar-refractivity contribution < 1.29 is 10.0 Å². The summed E-state index contributed by atoms with van der Waals surface area (Å²) in [7, 11) is 0. The van der Waals surface area contributed by atoms with Crippen molar-refractivity contribution in [3.63, 3.8) is 0 Å². The molecule has 1 saturated carbocycles. The van der Waals surface area contributed by atoms with Gasteiger partial charge in [-0.25, -0.2) is 0 Å². The number of oxime groups is 1. The summed E-state index contributed by atoms with van der Waals surface area (Å²) in [6, 6.07) is 9.92. The maximum absolute atomic E-state index is 12.4. The Labute approximate surface area is 106 Å². The molecule has 1 aliphatic heterocycles. The largest absolute Gasteiger partial charge is 0.411 e. The second kappa shape index (κ2) is 4.12. The van der Waals surface area contributed by atoms with Gasteiger partial charge in [0.1, 0.15) is 0 Å². The highest BCUT2D eigenvalue weighted by molar-refractivity contribution is 6.15. The molecule has 1 aromatic carbocycles. The Morgan fingerprint density at radius 1 is 1.28 bits per heavy atom. The van der Waals surface area contributed by atoms with E-state index in [0.29, 0.717) is 18.8 Å². The molecule has 3 rings (SSSR count). The van der Waals surface area contributed by atoms with E-state index in [1.165, 1.54) is 0 Å². The van der Waals surface area contributed by atoms with Crippen LogP contribution in [0.5, 0.6) is 0 Å². The Bertz CT molecular complexity index is 492. The molecule has 1 saturated heterocycles. The first-order valence-electron chi connectivity index (χ1n) is 6.31. The molecule has 0 radical (unpaired) electrons. The van der Waals surface area contributed by atoms with Crippen LogP contribution in [-0.4, -0.2) is 28.3 Å². The predicted molar refractivity (Wildman–Crippen MR) is 67.4 cm³/mol. The number of carbonyl (C=O) groups excluding carboxylic acids is 1. The van der Waals surface area contributed by atoms with E-state index in [4.69, 9.17) is 5.21 Å². The lowest BCUT2D eigenvalue weighted by atomic mass is 9.66. The van der Waals surface area contributed by atoms with Gasteiger partial charge >= 0.3 is 0 Å². The molecule has 1 aromatic rings. The molecule has 2 fully saturated rings. The Balaban J connectivity index is 1.81. The third kappa shape index (κ3) is 1.52. The molecule has 1 spiro atoms. The van der Waals surface area contributed by atoms with E-state index in [0.717, 1.165) is 24.8 Å². The summed E-state index contributed by atoms with van der Waals surface area (Å²) in [5.74, 6) is 0.130. The van der Waals surface area contributed by atoms with Crippen molar-refractivity contribution >= 4 is 11.6 Å². The van der Waals surface area contributed by atoms with E-state index in [1.807, 2.05) is 30.3 Å². The fourth-order valence-electron chi connectivity index (χ4n) is 2.92. The number of amides is 1. The van der Waals surface area contributed by atoms with Crippen LogP contribution in [0.3, 0.4) is 0 Å². The van der Waals surface area contributed by atoms with Gasteiger partial charge in [0, 0.05) is 6.54 Å². The van der Waals surface area contributed by atoms with Gasteiger partial charge in [0.25, 0.3) is 0 Å². The van der Waals surface area contributed by atoms with E-state index < -0.39 is 5.41 Å². The fourth-order valence-corrected chi connectivity index (χ4v) is 2.92. The van der Waals surface area contributed by atoms with Crippen molar-refractivity contribution in [2.75, 3.05) is 6.54 Å². The SMILES string of the molecule is O=C1N(Cc2ccccc2)C/C(=N/O)C12CCC2. The van der Waals surface area contributed by atoms with E-state index in [9.17, 15) is 4.79 Å². The van der Waals surface area contributed by atoms with E-state index in [2.05, 4.69) is 5.16 Å². The van der Waals surface area contributed by atoms with Crippen LogP contribution in [0.15, 0.2) is 35.5 Å². The Kier molecular flexibility index (Phi) is 2.58. The molecule has 1 aliphatic carbocycles. The average Bonchev–Trinajstić information content (AvgIpc) is 2.63. The maximum atomic E-state index is 12.4. The third-order valence-electron chi connectivity index (χ3n) is 4.13. The normalized spacial score (nSPS) is 23.7. The predicted octanol–water partition coefficient (Wildman–Crippen LogP) is 2.03. The van der Waals surface area contributed by atoms with Gasteiger partial charge in [0.15, 0.2) is 0 Å². The molecule has 1 N–H and O–H groups in total. The molecule has 1 amide bonds. The molecule has 0 aromatic heterocycles. The van der Waals surface area contributed by atoms with Gasteiger partial charge in [-0.05, 0) is 18.4 Å². The lowest BCUT2D eigenvalue weighted by Gasteiger charge is -2.35. The highest BCUT2D eigenvalue weighted by atomic mass is 16.4. The minimum Gasteiger partial charge on any atom is -0.411 e. The summed E-state index contributed by atoms with van der Waals surface area (Å²) in [6.45, 7) is 1.06. The summed E-state index contributed by atoms with van der Waals surface area (Å²) in [6.07, 6.45) is 2.71. The molecule has 4 nitrogen and oxygen atoms in total. The zero-order valence-corrected chi connectivity index (χ0v) is 10.2. The van der Waals surface area contributed by atoms with Crippen molar-refractivity contribution in [2.45, 2.75) is 25.8 Å². The second-order valence-corrected chi connectivity index (χ2v) is 5.13. The maximum Gasteiger partial charge on any atom is 0.235 e. The first-order valence-corrected chi connectivity index (χ1v) is 6.31. The number of hydrogen-bond donors (Lipinski definition) is 1. The Morgan fingerprint density at radius 2 is 2.00 bits per heavy atom. The summed E-state index contributed by atoms with van der Waals surface area (Å²) in [4.78, 5) is 14.2. The second-order valence-electron chi connectivity index (χ2n) is 5.13. The molecular formula is C14H16N2O2. The van der Waals surface area contributed by atoms with E-state index >= 15 is 0 Å². The smallest absolute Gasteiger partial charge is 0.235 e. The van der Waals surface area contributed by atoms with Crippen LogP contribution in [0.2, 0.25) is 0 Å². The molecule has 0 unspecified atom stereocenters. The highest BCUT2D eigenvalue weighted by Crippen LogP contribution is 2.47. The number of carbonyl (C=O) groups is 1. The summed E-state index contributed by atoms with van der Waals surface area (Å²) >= 11 is 0. The number of nitrogens with zero attached hydrogens (tertiary/aromatic N) is 2. The van der Waals surface area contributed by atoms with Gasteiger partial charge in [0.2, 0.25) is 5.91 Å². The van der Waals surface area contributed by atoms with Gasteiger partial charge in [-0.1, -0.05) is 41.9 Å². The van der Waals surface area contributed by atoms with E-state index in [-0.39, 0.29) is 5.91 Å². The molecule has 2 aliphatic rings. The van der Waals surface area contributed by atoms with Crippen LogP contribution in [0.1, 0.15) is 24.8 Å². The molecule has 94 valence electrons. The monoisotopic (exact) mass is 244 g/mol. The van der Waals surface area contributed by atoms with Crippen molar-refractivity contribution in [1.82, 2.24) is 4.90 Å². The van der Waals surface area contributed by atoms with Crippen LogP contribution in [0.4, 0.5) is 0 Å². The lowest BCUT2D eigenvalue weighted by molar-refractivity contribution is -0.138. The minimum absolute atomic E-state index is 0.130. The van der Waals surface area contributed by atoms with Crippen molar-refractivity contribution in [3.8, 4) is 0 Å². The molecule has 0 bridgehead atoms. The van der Waals surface area contributed by atoms with Crippen molar-refractivity contribution in [3.05, 3.63) is 35.9 Å². The fraction of sp³-hybridized carbons (Fsp3) is 0.429.